The summed E-state index contributed by atoms with van der Waals surface area (Å²) in [7, 11) is 1.59. The van der Waals surface area contributed by atoms with Crippen LogP contribution >= 0.6 is 11.3 Å². The normalized spacial score (nSPS) is 11.0. The Morgan fingerprint density at radius 2 is 2.22 bits per heavy atom. The first kappa shape index (κ1) is 13.8. The van der Waals surface area contributed by atoms with Crippen LogP contribution in [0.4, 0.5) is 5.13 Å². The molecule has 0 aliphatic heterocycles. The summed E-state index contributed by atoms with van der Waals surface area (Å²) in [5.41, 5.74) is 1.82. The first-order valence-electron chi connectivity index (χ1n) is 6.95. The number of fused-ring (bicyclic) bond motifs is 1. The molecule has 0 saturated carbocycles. The maximum Gasteiger partial charge on any atom is 0.214 e. The summed E-state index contributed by atoms with van der Waals surface area (Å²) in [4.78, 5) is 9.44. The number of pyridine rings is 1. The predicted octanol–water partition coefficient (Wildman–Crippen LogP) is 3.07. The predicted molar refractivity (Wildman–Crippen MR) is 86.7 cm³/mol. The van der Waals surface area contributed by atoms with Crippen molar-refractivity contribution in [2.24, 2.45) is 0 Å². The van der Waals surface area contributed by atoms with E-state index < -0.39 is 0 Å². The second kappa shape index (κ2) is 5.73. The molecule has 1 N–H and O–H groups in total. The van der Waals surface area contributed by atoms with Gasteiger partial charge in [-0.05, 0) is 18.2 Å². The fraction of sp³-hybridized carbons (Fsp3) is 0.133. The highest BCUT2D eigenvalue weighted by Gasteiger charge is 2.12. The zero-order valence-corrected chi connectivity index (χ0v) is 13.1. The van der Waals surface area contributed by atoms with Gasteiger partial charge < -0.3 is 14.5 Å². The molecule has 0 unspecified atom stereocenters. The Balaban J connectivity index is 1.60. The molecule has 8 heteroatoms. The van der Waals surface area contributed by atoms with Gasteiger partial charge >= 0.3 is 0 Å². The van der Waals surface area contributed by atoms with E-state index in [-0.39, 0.29) is 0 Å². The Hall–Kier alpha value is -2.87. The summed E-state index contributed by atoms with van der Waals surface area (Å²) in [5.74, 6) is 1.44. The number of nitrogens with zero attached hydrogens (tertiary/aromatic N) is 4. The topological polar surface area (TPSA) is 77.5 Å². The van der Waals surface area contributed by atoms with Crippen LogP contribution < -0.4 is 10.1 Å². The Kier molecular flexibility index (Phi) is 3.43. The van der Waals surface area contributed by atoms with E-state index in [4.69, 9.17) is 9.15 Å². The molecule has 0 aliphatic rings. The lowest BCUT2D eigenvalue weighted by molar-refractivity contribution is 0.398. The Morgan fingerprint density at radius 1 is 1.26 bits per heavy atom. The van der Waals surface area contributed by atoms with Crippen molar-refractivity contribution in [3.63, 3.8) is 0 Å². The third-order valence-corrected chi connectivity index (χ3v) is 4.20. The van der Waals surface area contributed by atoms with Crippen LogP contribution in [-0.2, 0) is 6.54 Å². The summed E-state index contributed by atoms with van der Waals surface area (Å²) in [6, 6.07) is 7.53. The number of hydrogen-bond donors (Lipinski definition) is 1. The number of aromatic nitrogens is 4. The van der Waals surface area contributed by atoms with Gasteiger partial charge in [-0.25, -0.2) is 14.5 Å². The number of imidazole rings is 1. The Labute approximate surface area is 135 Å². The summed E-state index contributed by atoms with van der Waals surface area (Å²) >= 11 is 1.49. The van der Waals surface area contributed by atoms with Crippen molar-refractivity contribution in [3.8, 4) is 17.1 Å². The largest absolute Gasteiger partial charge is 0.481 e. The average molecular weight is 327 g/mol. The van der Waals surface area contributed by atoms with Gasteiger partial charge in [0, 0.05) is 17.8 Å². The van der Waals surface area contributed by atoms with Crippen molar-refractivity contribution in [1.29, 1.82) is 0 Å². The molecule has 0 aliphatic carbocycles. The molecule has 0 radical (unpaired) electrons. The van der Waals surface area contributed by atoms with E-state index in [9.17, 15) is 0 Å². The van der Waals surface area contributed by atoms with Crippen LogP contribution in [-0.4, -0.2) is 26.7 Å². The van der Waals surface area contributed by atoms with E-state index in [0.717, 1.165) is 27.1 Å². The molecule has 0 fully saturated rings. The second-order valence-corrected chi connectivity index (χ2v) is 5.72. The molecule has 4 rings (SSSR count). The van der Waals surface area contributed by atoms with Gasteiger partial charge in [0.1, 0.15) is 5.76 Å². The van der Waals surface area contributed by atoms with E-state index in [0.29, 0.717) is 12.4 Å². The monoisotopic (exact) mass is 327 g/mol. The number of methoxy groups -OCH3 is 1. The van der Waals surface area contributed by atoms with E-state index in [1.807, 2.05) is 24.3 Å². The van der Waals surface area contributed by atoms with E-state index >= 15 is 0 Å². The number of anilines is 1. The highest BCUT2D eigenvalue weighted by molar-refractivity contribution is 7.20. The van der Waals surface area contributed by atoms with E-state index in [1.165, 1.54) is 11.3 Å². The van der Waals surface area contributed by atoms with Crippen LogP contribution in [0.1, 0.15) is 5.76 Å². The van der Waals surface area contributed by atoms with Gasteiger partial charge in [-0.1, -0.05) is 11.3 Å². The third-order valence-electron chi connectivity index (χ3n) is 3.32. The van der Waals surface area contributed by atoms with Gasteiger partial charge in [-0.15, -0.1) is 5.10 Å². The molecular weight excluding hydrogens is 314 g/mol. The number of rotatable bonds is 5. The Bertz CT molecular complexity index is 911. The average Bonchev–Trinajstić information content (AvgIpc) is 3.30. The van der Waals surface area contributed by atoms with E-state index in [2.05, 4.69) is 20.4 Å². The molecule has 23 heavy (non-hydrogen) atoms. The molecule has 7 nitrogen and oxygen atoms in total. The fourth-order valence-electron chi connectivity index (χ4n) is 2.19. The third kappa shape index (κ3) is 2.64. The van der Waals surface area contributed by atoms with E-state index in [1.54, 1.807) is 30.3 Å². The highest BCUT2D eigenvalue weighted by Crippen LogP contribution is 2.26. The zero-order chi connectivity index (χ0) is 15.6. The molecule has 0 atom stereocenters. The summed E-state index contributed by atoms with van der Waals surface area (Å²) in [6.07, 6.45) is 5.19. The van der Waals surface area contributed by atoms with Crippen molar-refractivity contribution in [3.05, 3.63) is 48.7 Å². The molecule has 0 saturated heterocycles. The minimum Gasteiger partial charge on any atom is -0.481 e. The summed E-state index contributed by atoms with van der Waals surface area (Å²) < 4.78 is 12.2. The SMILES string of the molecule is COc1ccc(-c2cnc3sc(NCc4ccco4)nn23)cn1. The minimum absolute atomic E-state index is 0.577. The first-order chi connectivity index (χ1) is 11.3. The van der Waals surface area contributed by atoms with Crippen LogP contribution in [0.2, 0.25) is 0 Å². The molecule has 4 aromatic rings. The number of nitrogens with one attached hydrogen (secondary N) is 1. The van der Waals surface area contributed by atoms with Crippen molar-refractivity contribution in [1.82, 2.24) is 19.6 Å². The Morgan fingerprint density at radius 3 is 2.96 bits per heavy atom. The highest BCUT2D eigenvalue weighted by atomic mass is 32.1. The van der Waals surface area contributed by atoms with Crippen molar-refractivity contribution in [2.75, 3.05) is 12.4 Å². The molecule has 0 spiro atoms. The number of furan rings is 1. The molecular formula is C15H13N5O2S. The zero-order valence-electron chi connectivity index (χ0n) is 12.3. The summed E-state index contributed by atoms with van der Waals surface area (Å²) in [5, 5.41) is 8.57. The van der Waals surface area contributed by atoms with Gasteiger partial charge in [-0.3, -0.25) is 0 Å². The fourth-order valence-corrected chi connectivity index (χ4v) is 2.96. The molecule has 4 aromatic heterocycles. The maximum absolute atomic E-state index is 5.30. The number of hydrogen-bond acceptors (Lipinski definition) is 7. The maximum atomic E-state index is 5.30. The van der Waals surface area contributed by atoms with Crippen LogP contribution in [0.5, 0.6) is 5.88 Å². The van der Waals surface area contributed by atoms with Gasteiger partial charge in [0.2, 0.25) is 16.0 Å². The molecule has 0 amide bonds. The molecule has 4 heterocycles. The van der Waals surface area contributed by atoms with Gasteiger partial charge in [0.25, 0.3) is 0 Å². The lowest BCUT2D eigenvalue weighted by Gasteiger charge is -2.01. The smallest absolute Gasteiger partial charge is 0.214 e. The van der Waals surface area contributed by atoms with Gasteiger partial charge in [0.15, 0.2) is 0 Å². The number of ether oxygens (including phenoxy) is 1. The molecule has 116 valence electrons. The van der Waals surface area contributed by atoms with Gasteiger partial charge in [-0.2, -0.15) is 0 Å². The van der Waals surface area contributed by atoms with Crippen molar-refractivity contribution in [2.45, 2.75) is 6.54 Å². The second-order valence-electron chi connectivity index (χ2n) is 4.77. The van der Waals surface area contributed by atoms with Crippen LogP contribution in [0, 0.1) is 0 Å². The standard InChI is InChI=1S/C15H13N5O2S/c1-21-13-5-4-10(7-16-13)12-9-18-15-20(12)19-14(23-15)17-8-11-3-2-6-22-11/h2-7,9H,8H2,1H3,(H,17,19). The van der Waals surface area contributed by atoms with Crippen LogP contribution in [0.25, 0.3) is 16.2 Å². The van der Waals surface area contributed by atoms with Crippen molar-refractivity contribution < 1.29 is 9.15 Å². The quantitative estimate of drug-likeness (QED) is 0.607. The first-order valence-corrected chi connectivity index (χ1v) is 7.76. The van der Waals surface area contributed by atoms with Crippen LogP contribution in [0.15, 0.2) is 47.3 Å². The lowest BCUT2D eigenvalue weighted by Crippen LogP contribution is -1.98. The molecule has 0 aromatic carbocycles. The minimum atomic E-state index is 0.577. The van der Waals surface area contributed by atoms with Gasteiger partial charge in [0.05, 0.1) is 31.8 Å². The lowest BCUT2D eigenvalue weighted by atomic mass is 10.2. The van der Waals surface area contributed by atoms with Crippen LogP contribution in [0.3, 0.4) is 0 Å². The summed E-state index contributed by atoms with van der Waals surface area (Å²) in [6.45, 7) is 0.586. The van der Waals surface area contributed by atoms with Crippen molar-refractivity contribution >= 4 is 21.4 Å². The molecule has 0 bridgehead atoms.